The van der Waals surface area contributed by atoms with Crippen LogP contribution in [0.1, 0.15) is 18.4 Å². The molecule has 0 unspecified atom stereocenters. The van der Waals surface area contributed by atoms with Gasteiger partial charge < -0.3 is 25.8 Å². The number of benzene rings is 1. The molecule has 1 aliphatic heterocycles. The Morgan fingerprint density at radius 3 is 2.65 bits per heavy atom. The van der Waals surface area contributed by atoms with Crippen LogP contribution in [0.15, 0.2) is 24.3 Å². The van der Waals surface area contributed by atoms with E-state index in [0.717, 1.165) is 12.0 Å². The van der Waals surface area contributed by atoms with Gasteiger partial charge in [-0.05, 0) is 37.0 Å². The second kappa shape index (κ2) is 6.26. The third-order valence-corrected chi connectivity index (χ3v) is 3.64. The van der Waals surface area contributed by atoms with Crippen LogP contribution in [-0.4, -0.2) is 51.6 Å². The van der Waals surface area contributed by atoms with Gasteiger partial charge in [0.2, 0.25) is 5.91 Å². The number of phenols is 1. The van der Waals surface area contributed by atoms with Crippen molar-refractivity contribution < 1.29 is 19.9 Å². The van der Waals surface area contributed by atoms with Gasteiger partial charge in [-0.15, -0.1) is 0 Å². The van der Waals surface area contributed by atoms with Crippen molar-refractivity contribution in [2.45, 2.75) is 31.2 Å². The average Bonchev–Trinajstić information content (AvgIpc) is 2.90. The highest BCUT2D eigenvalue weighted by molar-refractivity contribution is 6.43. The summed E-state index contributed by atoms with van der Waals surface area (Å²) in [5, 5.41) is 27.7. The van der Waals surface area contributed by atoms with Gasteiger partial charge in [0.1, 0.15) is 5.75 Å². The fourth-order valence-corrected chi connectivity index (χ4v) is 2.56. The van der Waals surface area contributed by atoms with Crippen molar-refractivity contribution in [1.82, 2.24) is 4.90 Å². The van der Waals surface area contributed by atoms with Crippen molar-refractivity contribution in [3.63, 3.8) is 0 Å². The Labute approximate surface area is 118 Å². The first-order valence-corrected chi connectivity index (χ1v) is 6.69. The van der Waals surface area contributed by atoms with Gasteiger partial charge in [0.25, 0.3) is 0 Å². The average molecular weight is 278 g/mol. The van der Waals surface area contributed by atoms with Crippen molar-refractivity contribution in [2.75, 3.05) is 6.54 Å². The summed E-state index contributed by atoms with van der Waals surface area (Å²) in [6.07, 6.45) is 1.68. The smallest absolute Gasteiger partial charge is 0.475 e. The quantitative estimate of drug-likeness (QED) is 0.543. The summed E-state index contributed by atoms with van der Waals surface area (Å²) in [6, 6.07) is 5.79. The Hall–Kier alpha value is -1.57. The zero-order chi connectivity index (χ0) is 14.7. The van der Waals surface area contributed by atoms with E-state index in [2.05, 4.69) is 0 Å². The molecule has 0 radical (unpaired) electrons. The van der Waals surface area contributed by atoms with Gasteiger partial charge in [0.05, 0.1) is 12.0 Å². The molecule has 1 aromatic rings. The lowest BCUT2D eigenvalue weighted by Crippen LogP contribution is -2.51. The van der Waals surface area contributed by atoms with Crippen LogP contribution in [0.25, 0.3) is 0 Å². The summed E-state index contributed by atoms with van der Waals surface area (Å²) in [4.78, 5) is 13.7. The van der Waals surface area contributed by atoms with Gasteiger partial charge in [-0.1, -0.05) is 12.1 Å². The number of aromatic hydroxyl groups is 1. The molecule has 0 saturated carbocycles. The summed E-state index contributed by atoms with van der Waals surface area (Å²) in [5.41, 5.74) is 6.76. The predicted octanol–water partition coefficient (Wildman–Crippen LogP) is -0.735. The number of likely N-dealkylation sites (tertiary alicyclic amines) is 1. The van der Waals surface area contributed by atoms with E-state index in [1.54, 1.807) is 24.3 Å². The summed E-state index contributed by atoms with van der Waals surface area (Å²) in [6.45, 7) is 0.504. The van der Waals surface area contributed by atoms with Gasteiger partial charge in [-0.3, -0.25) is 4.79 Å². The fraction of sp³-hybridized carbons (Fsp3) is 0.462. The maximum atomic E-state index is 12.3. The molecule has 1 aromatic carbocycles. The molecule has 1 saturated heterocycles. The molecule has 20 heavy (non-hydrogen) atoms. The Morgan fingerprint density at radius 2 is 2.05 bits per heavy atom. The maximum Gasteiger partial charge on any atom is 0.475 e. The Balaban J connectivity index is 1.99. The Morgan fingerprint density at radius 1 is 1.40 bits per heavy atom. The number of nitrogens with zero attached hydrogens (tertiary/aromatic N) is 1. The lowest BCUT2D eigenvalue weighted by molar-refractivity contribution is -0.132. The van der Waals surface area contributed by atoms with Gasteiger partial charge in [0.15, 0.2) is 0 Å². The number of hydrogen-bond acceptors (Lipinski definition) is 5. The molecule has 2 rings (SSSR count). The fourth-order valence-electron chi connectivity index (χ4n) is 2.56. The zero-order valence-electron chi connectivity index (χ0n) is 11.1. The summed E-state index contributed by atoms with van der Waals surface area (Å²) in [5.74, 6) is -0.668. The second-order valence-electron chi connectivity index (χ2n) is 5.13. The molecule has 0 aromatic heterocycles. The van der Waals surface area contributed by atoms with E-state index in [9.17, 15) is 19.9 Å². The van der Waals surface area contributed by atoms with Crippen molar-refractivity contribution in [2.24, 2.45) is 5.73 Å². The first-order chi connectivity index (χ1) is 9.49. The molecule has 1 fully saturated rings. The molecular formula is C13H19BN2O4. The number of carbonyl (C=O) groups excluding carboxylic acids is 1. The van der Waals surface area contributed by atoms with E-state index in [1.165, 1.54) is 4.90 Å². The number of amides is 1. The minimum absolute atomic E-state index is 0.164. The van der Waals surface area contributed by atoms with Crippen LogP contribution in [0.3, 0.4) is 0 Å². The first kappa shape index (κ1) is 14.8. The van der Waals surface area contributed by atoms with Crippen molar-refractivity contribution in [3.05, 3.63) is 29.8 Å². The topological polar surface area (TPSA) is 107 Å². The molecule has 1 heterocycles. The molecule has 2 atom stereocenters. The normalized spacial score (nSPS) is 19.9. The molecule has 6 nitrogen and oxygen atoms in total. The van der Waals surface area contributed by atoms with Crippen LogP contribution in [0, 0.1) is 0 Å². The van der Waals surface area contributed by atoms with Crippen molar-refractivity contribution in [3.8, 4) is 5.75 Å². The van der Waals surface area contributed by atoms with E-state index in [-0.39, 0.29) is 11.7 Å². The van der Waals surface area contributed by atoms with Crippen LogP contribution in [0.5, 0.6) is 5.75 Å². The monoisotopic (exact) mass is 278 g/mol. The zero-order valence-corrected chi connectivity index (χ0v) is 11.1. The molecule has 0 bridgehead atoms. The SMILES string of the molecule is N[C@@H](Cc1ccc(O)cc1)C(=O)N1CCC[C@H]1B(O)O. The highest BCUT2D eigenvalue weighted by Gasteiger charge is 2.38. The summed E-state index contributed by atoms with van der Waals surface area (Å²) < 4.78 is 0. The lowest BCUT2D eigenvalue weighted by Gasteiger charge is -2.26. The summed E-state index contributed by atoms with van der Waals surface area (Å²) >= 11 is 0. The minimum Gasteiger partial charge on any atom is -0.508 e. The minimum atomic E-state index is -1.53. The molecule has 108 valence electrons. The molecule has 1 amide bonds. The molecule has 7 heteroatoms. The van der Waals surface area contributed by atoms with E-state index in [4.69, 9.17) is 5.73 Å². The van der Waals surface area contributed by atoms with E-state index in [0.29, 0.717) is 19.4 Å². The lowest BCUT2D eigenvalue weighted by atomic mass is 9.77. The third kappa shape index (κ3) is 3.30. The van der Waals surface area contributed by atoms with Gasteiger partial charge in [-0.25, -0.2) is 0 Å². The van der Waals surface area contributed by atoms with Crippen molar-refractivity contribution >= 4 is 13.0 Å². The van der Waals surface area contributed by atoms with E-state index < -0.39 is 19.1 Å². The Bertz CT molecular complexity index is 466. The number of carbonyl (C=O) groups is 1. The first-order valence-electron chi connectivity index (χ1n) is 6.69. The van der Waals surface area contributed by atoms with Crippen LogP contribution < -0.4 is 5.73 Å². The maximum absolute atomic E-state index is 12.3. The van der Waals surface area contributed by atoms with Crippen molar-refractivity contribution in [1.29, 1.82) is 0 Å². The summed E-state index contributed by atoms with van der Waals surface area (Å²) in [7, 11) is -1.53. The molecule has 5 N–H and O–H groups in total. The number of nitrogens with two attached hydrogens (primary N) is 1. The van der Waals surface area contributed by atoms with Gasteiger partial charge in [-0.2, -0.15) is 0 Å². The largest absolute Gasteiger partial charge is 0.508 e. The molecule has 0 aliphatic carbocycles. The van der Waals surface area contributed by atoms with Crippen LogP contribution in [-0.2, 0) is 11.2 Å². The van der Waals surface area contributed by atoms with Gasteiger partial charge in [0, 0.05) is 6.54 Å². The molecular weight excluding hydrogens is 259 g/mol. The van der Waals surface area contributed by atoms with Crippen LogP contribution in [0.4, 0.5) is 0 Å². The number of phenolic OH excluding ortho intramolecular Hbond substituents is 1. The van der Waals surface area contributed by atoms with Crippen LogP contribution >= 0.6 is 0 Å². The number of hydrogen-bond donors (Lipinski definition) is 4. The third-order valence-electron chi connectivity index (χ3n) is 3.64. The number of rotatable bonds is 4. The van der Waals surface area contributed by atoms with Crippen LogP contribution in [0.2, 0.25) is 0 Å². The highest BCUT2D eigenvalue weighted by Crippen LogP contribution is 2.20. The standard InChI is InChI=1S/C13H19BN2O4/c15-11(8-9-3-5-10(17)6-4-9)13(18)16-7-1-2-12(16)14(19)20/h3-6,11-12,17,19-20H,1-2,7-8,15H2/t11-,12-/m0/s1. The molecule has 0 spiro atoms. The Kier molecular flexibility index (Phi) is 4.64. The van der Waals surface area contributed by atoms with E-state index >= 15 is 0 Å². The van der Waals surface area contributed by atoms with Gasteiger partial charge >= 0.3 is 7.12 Å². The highest BCUT2D eigenvalue weighted by atomic mass is 16.4. The molecule has 1 aliphatic rings. The predicted molar refractivity (Wildman–Crippen MR) is 74.7 cm³/mol. The van der Waals surface area contributed by atoms with E-state index in [1.807, 2.05) is 0 Å². The second-order valence-corrected chi connectivity index (χ2v) is 5.13.